The van der Waals surface area contributed by atoms with Crippen LogP contribution in [-0.2, 0) is 9.59 Å². The second-order valence-electron chi connectivity index (χ2n) is 5.14. The number of amides is 2. The number of aryl methyl sites for hydroxylation is 1. The van der Waals surface area contributed by atoms with Crippen LogP contribution < -0.4 is 10.4 Å². The maximum atomic E-state index is 12.5. The fourth-order valence-corrected chi connectivity index (χ4v) is 2.67. The molecule has 0 atom stereocenters. The van der Waals surface area contributed by atoms with Crippen molar-refractivity contribution < 1.29 is 9.59 Å². The van der Waals surface area contributed by atoms with Crippen molar-refractivity contribution in [1.29, 1.82) is 0 Å². The zero-order valence-corrected chi connectivity index (χ0v) is 13.7. The lowest BCUT2D eigenvalue weighted by molar-refractivity contribution is -0.117. The summed E-state index contributed by atoms with van der Waals surface area (Å²) in [5, 5.41) is 2.08. The van der Waals surface area contributed by atoms with Crippen LogP contribution in [-0.4, -0.2) is 11.8 Å². The predicted molar refractivity (Wildman–Crippen MR) is 91.2 cm³/mol. The first-order valence-corrected chi connectivity index (χ1v) is 7.60. The van der Waals surface area contributed by atoms with Crippen molar-refractivity contribution in [2.75, 3.05) is 5.01 Å². The lowest BCUT2D eigenvalue weighted by Crippen LogP contribution is -2.35. The maximum absolute atomic E-state index is 12.5. The summed E-state index contributed by atoms with van der Waals surface area (Å²) in [4.78, 5) is 24.6. The van der Waals surface area contributed by atoms with Crippen LogP contribution in [0.5, 0.6) is 0 Å². The first-order chi connectivity index (χ1) is 11.0. The molecule has 1 aliphatic heterocycles. The molecule has 0 aromatic heterocycles. The first-order valence-electron chi connectivity index (χ1n) is 6.84. The lowest BCUT2D eigenvalue weighted by Gasteiger charge is -2.14. The Morgan fingerprint density at radius 3 is 2.39 bits per heavy atom. The molecule has 2 aromatic rings. The maximum Gasteiger partial charge on any atom is 0.282 e. The Hall–Kier alpha value is -2.30. The number of carbonyl (C=O) groups is 2. The minimum absolute atomic E-state index is 0.0230. The predicted octanol–water partition coefficient (Wildman–Crippen LogP) is 3.76. The van der Waals surface area contributed by atoms with Crippen molar-refractivity contribution in [3.63, 3.8) is 0 Å². The smallest absolute Gasteiger partial charge is 0.267 e. The third-order valence-corrected chi connectivity index (χ3v) is 4.01. The van der Waals surface area contributed by atoms with E-state index in [-0.39, 0.29) is 5.57 Å². The van der Waals surface area contributed by atoms with E-state index in [2.05, 4.69) is 5.43 Å². The number of rotatable bonds is 2. The SMILES string of the molecule is Cc1ccc(N2NC(=O)/C(=C\c3ccc(Cl)cc3Cl)C2=O)cc1. The summed E-state index contributed by atoms with van der Waals surface area (Å²) in [7, 11) is 0. The van der Waals surface area contributed by atoms with Crippen molar-refractivity contribution in [3.8, 4) is 0 Å². The van der Waals surface area contributed by atoms with Crippen molar-refractivity contribution in [3.05, 3.63) is 69.2 Å². The van der Waals surface area contributed by atoms with Crippen molar-refractivity contribution in [2.24, 2.45) is 0 Å². The number of anilines is 1. The average molecular weight is 347 g/mol. The molecule has 0 aliphatic carbocycles. The van der Waals surface area contributed by atoms with E-state index in [0.29, 0.717) is 21.3 Å². The van der Waals surface area contributed by atoms with Gasteiger partial charge in [0.2, 0.25) is 0 Å². The molecule has 2 aromatic carbocycles. The van der Waals surface area contributed by atoms with Crippen LogP contribution in [0.3, 0.4) is 0 Å². The van der Waals surface area contributed by atoms with Crippen LogP contribution >= 0.6 is 23.2 Å². The zero-order chi connectivity index (χ0) is 16.6. The summed E-state index contributed by atoms with van der Waals surface area (Å²) >= 11 is 11.9. The molecule has 1 heterocycles. The van der Waals surface area contributed by atoms with Gasteiger partial charge in [-0.25, -0.2) is 5.01 Å². The number of hydrazine groups is 1. The van der Waals surface area contributed by atoms with E-state index in [1.165, 1.54) is 11.1 Å². The fourth-order valence-electron chi connectivity index (χ4n) is 2.21. The first kappa shape index (κ1) is 15.6. The van der Waals surface area contributed by atoms with Gasteiger partial charge in [-0.3, -0.25) is 15.0 Å². The highest BCUT2D eigenvalue weighted by atomic mass is 35.5. The number of nitrogens with one attached hydrogen (secondary N) is 1. The zero-order valence-electron chi connectivity index (χ0n) is 12.1. The normalized spacial score (nSPS) is 16.1. The summed E-state index contributed by atoms with van der Waals surface area (Å²) in [6, 6.07) is 12.1. The van der Waals surface area contributed by atoms with Gasteiger partial charge in [-0.05, 0) is 42.8 Å². The average Bonchev–Trinajstić information content (AvgIpc) is 2.78. The van der Waals surface area contributed by atoms with Gasteiger partial charge >= 0.3 is 0 Å². The second kappa shape index (κ2) is 6.07. The van der Waals surface area contributed by atoms with E-state index in [1.807, 2.05) is 19.1 Å². The monoisotopic (exact) mass is 346 g/mol. The number of benzene rings is 2. The third-order valence-electron chi connectivity index (χ3n) is 3.45. The van der Waals surface area contributed by atoms with Crippen LogP contribution in [0.25, 0.3) is 6.08 Å². The highest BCUT2D eigenvalue weighted by Crippen LogP contribution is 2.26. The molecule has 0 saturated carbocycles. The van der Waals surface area contributed by atoms with E-state index in [1.54, 1.807) is 30.3 Å². The molecule has 0 spiro atoms. The van der Waals surface area contributed by atoms with Gasteiger partial charge in [-0.2, -0.15) is 0 Å². The molecule has 3 rings (SSSR count). The van der Waals surface area contributed by atoms with Crippen LogP contribution in [0, 0.1) is 6.92 Å². The molecule has 116 valence electrons. The van der Waals surface area contributed by atoms with Crippen LogP contribution in [0.1, 0.15) is 11.1 Å². The van der Waals surface area contributed by atoms with Gasteiger partial charge < -0.3 is 0 Å². The molecule has 1 N–H and O–H groups in total. The molecule has 0 bridgehead atoms. The Balaban J connectivity index is 1.95. The Bertz CT molecular complexity index is 829. The van der Waals surface area contributed by atoms with Crippen molar-refractivity contribution in [2.45, 2.75) is 6.92 Å². The number of halogens is 2. The Morgan fingerprint density at radius 1 is 1.04 bits per heavy atom. The summed E-state index contributed by atoms with van der Waals surface area (Å²) in [6.07, 6.45) is 1.46. The summed E-state index contributed by atoms with van der Waals surface area (Å²) in [6.45, 7) is 1.95. The largest absolute Gasteiger partial charge is 0.282 e. The lowest BCUT2D eigenvalue weighted by atomic mass is 10.1. The highest BCUT2D eigenvalue weighted by Gasteiger charge is 2.34. The number of carbonyl (C=O) groups excluding carboxylic acids is 2. The van der Waals surface area contributed by atoms with Gasteiger partial charge in [0.05, 0.1) is 5.69 Å². The molecule has 1 saturated heterocycles. The molecule has 2 amide bonds. The molecule has 0 unspecified atom stereocenters. The van der Waals surface area contributed by atoms with E-state index >= 15 is 0 Å². The van der Waals surface area contributed by atoms with Gasteiger partial charge in [0.25, 0.3) is 11.8 Å². The van der Waals surface area contributed by atoms with Gasteiger partial charge in [-0.1, -0.05) is 47.0 Å². The standard InChI is InChI=1S/C17H12Cl2N2O2/c1-10-2-6-13(7-3-10)21-17(23)14(16(22)20-21)8-11-4-5-12(18)9-15(11)19/h2-9H,1H3,(H,20,22)/b14-8+. The Kier molecular flexibility index (Phi) is 4.11. The number of hydrogen-bond acceptors (Lipinski definition) is 2. The summed E-state index contributed by atoms with van der Waals surface area (Å²) < 4.78 is 0. The molecular weight excluding hydrogens is 335 g/mol. The molecular formula is C17H12Cl2N2O2. The summed E-state index contributed by atoms with van der Waals surface area (Å²) in [5.41, 5.74) is 4.79. The van der Waals surface area contributed by atoms with Crippen molar-refractivity contribution in [1.82, 2.24) is 5.43 Å². The van der Waals surface area contributed by atoms with E-state index < -0.39 is 11.8 Å². The van der Waals surface area contributed by atoms with E-state index in [9.17, 15) is 9.59 Å². The quantitative estimate of drug-likeness (QED) is 0.664. The Morgan fingerprint density at radius 2 is 1.74 bits per heavy atom. The van der Waals surface area contributed by atoms with Crippen LogP contribution in [0.15, 0.2) is 48.0 Å². The van der Waals surface area contributed by atoms with Gasteiger partial charge in [0, 0.05) is 10.0 Å². The second-order valence-corrected chi connectivity index (χ2v) is 5.98. The van der Waals surface area contributed by atoms with E-state index in [4.69, 9.17) is 23.2 Å². The molecule has 23 heavy (non-hydrogen) atoms. The van der Waals surface area contributed by atoms with Gasteiger partial charge in [0.15, 0.2) is 0 Å². The highest BCUT2D eigenvalue weighted by molar-refractivity contribution is 6.36. The number of hydrogen-bond donors (Lipinski definition) is 1. The fraction of sp³-hybridized carbons (Fsp3) is 0.0588. The van der Waals surface area contributed by atoms with Gasteiger partial charge in [-0.15, -0.1) is 0 Å². The molecule has 4 nitrogen and oxygen atoms in total. The molecule has 1 aliphatic rings. The summed E-state index contributed by atoms with van der Waals surface area (Å²) in [5.74, 6) is -0.897. The van der Waals surface area contributed by atoms with Gasteiger partial charge in [0.1, 0.15) is 5.57 Å². The topological polar surface area (TPSA) is 49.4 Å². The van der Waals surface area contributed by atoms with Crippen LogP contribution in [0.2, 0.25) is 10.0 Å². The molecule has 6 heteroatoms. The minimum Gasteiger partial charge on any atom is -0.267 e. The third kappa shape index (κ3) is 3.09. The van der Waals surface area contributed by atoms with Crippen molar-refractivity contribution >= 4 is 46.8 Å². The Labute approximate surface area is 143 Å². The molecule has 0 radical (unpaired) electrons. The van der Waals surface area contributed by atoms with E-state index in [0.717, 1.165) is 5.56 Å². The molecule has 1 fully saturated rings. The minimum atomic E-state index is -0.471. The van der Waals surface area contributed by atoms with Crippen LogP contribution in [0.4, 0.5) is 5.69 Å². The number of nitrogens with zero attached hydrogens (tertiary/aromatic N) is 1.